The maximum atomic E-state index is 8.59. The van der Waals surface area contributed by atoms with E-state index in [4.69, 9.17) is 9.84 Å². The summed E-state index contributed by atoms with van der Waals surface area (Å²) >= 11 is 0. The molecule has 0 atom stereocenters. The predicted molar refractivity (Wildman–Crippen MR) is 47.5 cm³/mol. The SMILES string of the molecule is CNCC1=CCCC=C1OCO. The second-order valence-electron chi connectivity index (χ2n) is 2.68. The standard InChI is InChI=1S/C9H15NO2/c1-10-6-8-4-2-3-5-9(8)12-7-11/h4-5,10-11H,2-3,6-7H2,1H3. The van der Waals surface area contributed by atoms with Crippen LogP contribution >= 0.6 is 0 Å². The minimum Gasteiger partial charge on any atom is -0.468 e. The van der Waals surface area contributed by atoms with Crippen molar-refractivity contribution in [3.05, 3.63) is 23.5 Å². The van der Waals surface area contributed by atoms with E-state index < -0.39 is 0 Å². The average Bonchev–Trinajstić information content (AvgIpc) is 2.09. The fourth-order valence-electron chi connectivity index (χ4n) is 1.27. The summed E-state index contributed by atoms with van der Waals surface area (Å²) in [4.78, 5) is 0. The van der Waals surface area contributed by atoms with Gasteiger partial charge in [0.2, 0.25) is 0 Å². The Morgan fingerprint density at radius 1 is 1.50 bits per heavy atom. The number of hydrogen-bond donors (Lipinski definition) is 2. The average molecular weight is 169 g/mol. The van der Waals surface area contributed by atoms with Crippen LogP contribution < -0.4 is 5.32 Å². The lowest BCUT2D eigenvalue weighted by Gasteiger charge is -2.15. The molecule has 0 bridgehead atoms. The Morgan fingerprint density at radius 2 is 2.25 bits per heavy atom. The molecule has 68 valence electrons. The molecule has 3 heteroatoms. The first-order chi connectivity index (χ1) is 5.88. The normalized spacial score (nSPS) is 16.8. The molecule has 0 amide bonds. The van der Waals surface area contributed by atoms with Gasteiger partial charge in [-0.25, -0.2) is 0 Å². The molecule has 0 spiro atoms. The third-order valence-electron chi connectivity index (χ3n) is 1.79. The summed E-state index contributed by atoms with van der Waals surface area (Å²) in [6.45, 7) is 0.554. The van der Waals surface area contributed by atoms with Crippen molar-refractivity contribution in [1.29, 1.82) is 0 Å². The van der Waals surface area contributed by atoms with Crippen molar-refractivity contribution in [3.63, 3.8) is 0 Å². The van der Waals surface area contributed by atoms with Gasteiger partial charge >= 0.3 is 0 Å². The second kappa shape index (κ2) is 4.95. The van der Waals surface area contributed by atoms with E-state index in [0.717, 1.165) is 30.7 Å². The molecule has 0 radical (unpaired) electrons. The van der Waals surface area contributed by atoms with Crippen LogP contribution in [0, 0.1) is 0 Å². The van der Waals surface area contributed by atoms with E-state index >= 15 is 0 Å². The zero-order valence-corrected chi connectivity index (χ0v) is 7.34. The maximum absolute atomic E-state index is 8.59. The van der Waals surface area contributed by atoms with Crippen molar-refractivity contribution >= 4 is 0 Å². The third-order valence-corrected chi connectivity index (χ3v) is 1.79. The number of aliphatic hydroxyl groups is 1. The van der Waals surface area contributed by atoms with Crippen LogP contribution in [0.25, 0.3) is 0 Å². The zero-order valence-electron chi connectivity index (χ0n) is 7.34. The Labute approximate surface area is 72.7 Å². The highest BCUT2D eigenvalue weighted by Gasteiger charge is 2.08. The molecule has 0 aromatic carbocycles. The lowest BCUT2D eigenvalue weighted by molar-refractivity contribution is 0.0448. The summed E-state index contributed by atoms with van der Waals surface area (Å²) in [6.07, 6.45) is 6.22. The molecule has 1 rings (SSSR count). The Kier molecular flexibility index (Phi) is 3.84. The van der Waals surface area contributed by atoms with E-state index in [1.165, 1.54) is 0 Å². The van der Waals surface area contributed by atoms with Crippen LogP contribution in [0.4, 0.5) is 0 Å². The first kappa shape index (κ1) is 9.29. The smallest absolute Gasteiger partial charge is 0.186 e. The molecule has 3 nitrogen and oxygen atoms in total. The molecule has 1 aliphatic carbocycles. The largest absolute Gasteiger partial charge is 0.468 e. The maximum Gasteiger partial charge on any atom is 0.186 e. The topological polar surface area (TPSA) is 41.5 Å². The minimum absolute atomic E-state index is 0.243. The zero-order chi connectivity index (χ0) is 8.81. The van der Waals surface area contributed by atoms with Crippen LogP contribution in [0.15, 0.2) is 23.5 Å². The van der Waals surface area contributed by atoms with E-state index in [1.54, 1.807) is 0 Å². The van der Waals surface area contributed by atoms with Crippen molar-refractivity contribution in [2.24, 2.45) is 0 Å². The molecule has 2 N–H and O–H groups in total. The van der Waals surface area contributed by atoms with Crippen LogP contribution in [0.3, 0.4) is 0 Å². The van der Waals surface area contributed by atoms with Gasteiger partial charge in [0, 0.05) is 12.1 Å². The van der Waals surface area contributed by atoms with Crippen molar-refractivity contribution in [3.8, 4) is 0 Å². The number of aliphatic hydroxyl groups excluding tert-OH is 1. The van der Waals surface area contributed by atoms with Crippen molar-refractivity contribution in [1.82, 2.24) is 5.32 Å². The fraction of sp³-hybridized carbons (Fsp3) is 0.556. The number of ether oxygens (including phenoxy) is 1. The number of likely N-dealkylation sites (N-methyl/N-ethyl adjacent to an activating group) is 1. The molecule has 0 aliphatic heterocycles. The highest BCUT2D eigenvalue weighted by atomic mass is 16.6. The molecular weight excluding hydrogens is 154 g/mol. The number of allylic oxidation sites excluding steroid dienone is 2. The van der Waals surface area contributed by atoms with E-state index in [1.807, 2.05) is 13.1 Å². The number of hydrogen-bond acceptors (Lipinski definition) is 3. The highest BCUT2D eigenvalue weighted by molar-refractivity contribution is 5.30. The Bertz CT molecular complexity index is 175. The van der Waals surface area contributed by atoms with Gasteiger partial charge in [-0.15, -0.1) is 0 Å². The molecule has 0 heterocycles. The van der Waals surface area contributed by atoms with Crippen LogP contribution in [-0.4, -0.2) is 25.5 Å². The fourth-order valence-corrected chi connectivity index (χ4v) is 1.27. The predicted octanol–water partition coefficient (Wildman–Crippen LogP) is 0.776. The van der Waals surface area contributed by atoms with Gasteiger partial charge in [-0.1, -0.05) is 6.08 Å². The van der Waals surface area contributed by atoms with Crippen LogP contribution in [0.2, 0.25) is 0 Å². The van der Waals surface area contributed by atoms with Gasteiger partial charge in [0.1, 0.15) is 5.76 Å². The van der Waals surface area contributed by atoms with E-state index in [0.29, 0.717) is 0 Å². The minimum atomic E-state index is -0.243. The summed E-state index contributed by atoms with van der Waals surface area (Å²) in [5, 5.41) is 11.6. The van der Waals surface area contributed by atoms with Crippen LogP contribution in [0.5, 0.6) is 0 Å². The van der Waals surface area contributed by atoms with E-state index in [9.17, 15) is 0 Å². The number of rotatable bonds is 4. The Hall–Kier alpha value is -0.800. The first-order valence-corrected chi connectivity index (χ1v) is 4.16. The molecule has 0 aromatic heterocycles. The first-order valence-electron chi connectivity index (χ1n) is 4.16. The van der Waals surface area contributed by atoms with Gasteiger partial charge in [0.25, 0.3) is 0 Å². The summed E-state index contributed by atoms with van der Waals surface area (Å²) in [5.74, 6) is 0.818. The summed E-state index contributed by atoms with van der Waals surface area (Å²) in [7, 11) is 1.89. The van der Waals surface area contributed by atoms with Crippen molar-refractivity contribution in [2.45, 2.75) is 12.8 Å². The molecule has 0 fully saturated rings. The Morgan fingerprint density at radius 3 is 2.92 bits per heavy atom. The van der Waals surface area contributed by atoms with Gasteiger partial charge in [-0.3, -0.25) is 0 Å². The summed E-state index contributed by atoms with van der Waals surface area (Å²) in [6, 6.07) is 0. The Balaban J connectivity index is 2.55. The summed E-state index contributed by atoms with van der Waals surface area (Å²) < 4.78 is 5.06. The van der Waals surface area contributed by atoms with Gasteiger partial charge in [0.05, 0.1) is 0 Å². The highest BCUT2D eigenvalue weighted by Crippen LogP contribution is 2.18. The quantitative estimate of drug-likeness (QED) is 0.611. The molecular formula is C9H15NO2. The second-order valence-corrected chi connectivity index (χ2v) is 2.68. The van der Waals surface area contributed by atoms with Crippen molar-refractivity contribution < 1.29 is 9.84 Å². The number of nitrogens with one attached hydrogen (secondary N) is 1. The molecule has 0 unspecified atom stereocenters. The lowest BCUT2D eigenvalue weighted by Crippen LogP contribution is -2.14. The van der Waals surface area contributed by atoms with E-state index in [-0.39, 0.29) is 6.79 Å². The van der Waals surface area contributed by atoms with Crippen LogP contribution in [0.1, 0.15) is 12.8 Å². The lowest BCUT2D eigenvalue weighted by atomic mass is 10.1. The monoisotopic (exact) mass is 169 g/mol. The molecule has 0 saturated carbocycles. The van der Waals surface area contributed by atoms with Gasteiger partial charge in [-0.2, -0.15) is 0 Å². The van der Waals surface area contributed by atoms with Gasteiger partial charge in [-0.05, 0) is 26.0 Å². The molecule has 0 saturated heterocycles. The molecule has 1 aliphatic rings. The van der Waals surface area contributed by atoms with Crippen molar-refractivity contribution in [2.75, 3.05) is 20.4 Å². The van der Waals surface area contributed by atoms with E-state index in [2.05, 4.69) is 11.4 Å². The van der Waals surface area contributed by atoms with Gasteiger partial charge < -0.3 is 15.2 Å². The molecule has 12 heavy (non-hydrogen) atoms. The summed E-state index contributed by atoms with van der Waals surface area (Å²) in [5.41, 5.74) is 1.14. The van der Waals surface area contributed by atoms with Gasteiger partial charge in [0.15, 0.2) is 6.79 Å². The third kappa shape index (κ3) is 2.36. The molecule has 0 aromatic rings. The van der Waals surface area contributed by atoms with Crippen LogP contribution in [-0.2, 0) is 4.74 Å².